The Labute approximate surface area is 77.2 Å². The molecule has 0 aromatic carbocycles. The summed E-state index contributed by atoms with van der Waals surface area (Å²) in [5.74, 6) is 2.21. The van der Waals surface area contributed by atoms with Crippen molar-refractivity contribution in [1.29, 1.82) is 0 Å². The second-order valence-electron chi connectivity index (χ2n) is 2.84. The molecule has 1 rings (SSSR count). The van der Waals surface area contributed by atoms with Gasteiger partial charge in [-0.05, 0) is 6.42 Å². The number of hydrogen-bond acceptors (Lipinski definition) is 4. The van der Waals surface area contributed by atoms with E-state index >= 15 is 0 Å². The molecule has 0 saturated carbocycles. The summed E-state index contributed by atoms with van der Waals surface area (Å²) < 4.78 is 4.57. The fourth-order valence-corrected chi connectivity index (χ4v) is 2.20. The molecule has 0 radical (unpaired) electrons. The van der Waals surface area contributed by atoms with Gasteiger partial charge in [0.2, 0.25) is 0 Å². The van der Waals surface area contributed by atoms with Gasteiger partial charge in [0.15, 0.2) is 0 Å². The van der Waals surface area contributed by atoms with Gasteiger partial charge in [0.25, 0.3) is 0 Å². The van der Waals surface area contributed by atoms with Crippen LogP contribution in [0.3, 0.4) is 0 Å². The maximum absolute atomic E-state index is 10.8. The van der Waals surface area contributed by atoms with Crippen molar-refractivity contribution in [2.75, 3.05) is 25.2 Å². The van der Waals surface area contributed by atoms with Gasteiger partial charge in [0, 0.05) is 30.5 Å². The predicted octanol–water partition coefficient (Wildman–Crippen LogP) is 0.645. The Kier molecular flexibility index (Phi) is 4.46. The van der Waals surface area contributed by atoms with E-state index in [0.717, 1.165) is 18.7 Å². The van der Waals surface area contributed by atoms with Crippen LogP contribution in [0.2, 0.25) is 0 Å². The van der Waals surface area contributed by atoms with Crippen molar-refractivity contribution in [1.82, 2.24) is 5.32 Å². The molecule has 0 aliphatic carbocycles. The van der Waals surface area contributed by atoms with Crippen molar-refractivity contribution in [3.05, 3.63) is 0 Å². The summed E-state index contributed by atoms with van der Waals surface area (Å²) in [5.41, 5.74) is 0. The van der Waals surface area contributed by atoms with E-state index in [1.165, 1.54) is 12.9 Å². The molecule has 0 spiro atoms. The summed E-state index contributed by atoms with van der Waals surface area (Å²) in [4.78, 5) is 10.8. The van der Waals surface area contributed by atoms with Crippen molar-refractivity contribution in [2.45, 2.75) is 18.9 Å². The zero-order chi connectivity index (χ0) is 8.81. The molecular formula is C8H15NO2S. The molecule has 1 aliphatic heterocycles. The van der Waals surface area contributed by atoms with Crippen LogP contribution >= 0.6 is 11.8 Å². The molecule has 4 heteroatoms. The van der Waals surface area contributed by atoms with Crippen molar-refractivity contribution < 1.29 is 9.53 Å². The van der Waals surface area contributed by atoms with Crippen LogP contribution in [0.4, 0.5) is 0 Å². The number of ether oxygens (including phenoxy) is 1. The minimum atomic E-state index is -0.104. The van der Waals surface area contributed by atoms with Crippen LogP contribution in [0.15, 0.2) is 0 Å². The molecule has 70 valence electrons. The van der Waals surface area contributed by atoms with E-state index in [4.69, 9.17) is 0 Å². The third-order valence-corrected chi connectivity index (χ3v) is 3.05. The fourth-order valence-electron chi connectivity index (χ4n) is 1.20. The molecule has 0 aromatic heterocycles. The van der Waals surface area contributed by atoms with Crippen molar-refractivity contribution in [3.63, 3.8) is 0 Å². The number of nitrogens with one attached hydrogen (secondary N) is 1. The van der Waals surface area contributed by atoms with E-state index < -0.39 is 0 Å². The van der Waals surface area contributed by atoms with E-state index in [-0.39, 0.29) is 5.97 Å². The molecule has 1 atom stereocenters. The first-order valence-corrected chi connectivity index (χ1v) is 5.36. The maximum Gasteiger partial charge on any atom is 0.305 e. The van der Waals surface area contributed by atoms with Crippen LogP contribution in [0.1, 0.15) is 12.8 Å². The quantitative estimate of drug-likeness (QED) is 0.661. The summed E-state index contributed by atoms with van der Waals surface area (Å²) in [5, 5.41) is 3.37. The van der Waals surface area contributed by atoms with Crippen LogP contribution in [0.5, 0.6) is 0 Å². The Balaban J connectivity index is 2.09. The second kappa shape index (κ2) is 5.43. The Morgan fingerprint density at radius 1 is 1.75 bits per heavy atom. The van der Waals surface area contributed by atoms with Crippen molar-refractivity contribution in [3.8, 4) is 0 Å². The summed E-state index contributed by atoms with van der Waals surface area (Å²) in [6, 6.07) is 0.503. The number of carbonyl (C=O) groups is 1. The van der Waals surface area contributed by atoms with Crippen LogP contribution in [0.25, 0.3) is 0 Å². The second-order valence-corrected chi connectivity index (χ2v) is 3.99. The van der Waals surface area contributed by atoms with E-state index in [0.29, 0.717) is 12.5 Å². The van der Waals surface area contributed by atoms with Crippen LogP contribution in [-0.2, 0) is 9.53 Å². The Morgan fingerprint density at radius 2 is 2.58 bits per heavy atom. The van der Waals surface area contributed by atoms with Gasteiger partial charge in [-0.25, -0.2) is 0 Å². The number of thioether (sulfide) groups is 1. The zero-order valence-corrected chi connectivity index (χ0v) is 8.15. The van der Waals surface area contributed by atoms with Crippen LogP contribution in [0, 0.1) is 0 Å². The number of hydrogen-bond donors (Lipinski definition) is 1. The lowest BCUT2D eigenvalue weighted by Crippen LogP contribution is -2.37. The lowest BCUT2D eigenvalue weighted by Gasteiger charge is -2.22. The molecule has 0 amide bonds. The highest BCUT2D eigenvalue weighted by Crippen LogP contribution is 2.11. The van der Waals surface area contributed by atoms with Gasteiger partial charge in [-0.2, -0.15) is 11.8 Å². The van der Waals surface area contributed by atoms with Gasteiger partial charge in [0.1, 0.15) is 0 Å². The van der Waals surface area contributed by atoms with Crippen LogP contribution in [-0.4, -0.2) is 37.2 Å². The molecule has 3 nitrogen and oxygen atoms in total. The molecular weight excluding hydrogens is 174 g/mol. The maximum atomic E-state index is 10.8. The highest BCUT2D eigenvalue weighted by atomic mass is 32.2. The average molecular weight is 189 g/mol. The summed E-state index contributed by atoms with van der Waals surface area (Å²) in [7, 11) is 1.44. The summed E-state index contributed by atoms with van der Waals surface area (Å²) in [6.45, 7) is 1.07. The van der Waals surface area contributed by atoms with Gasteiger partial charge in [-0.15, -0.1) is 0 Å². The molecule has 1 saturated heterocycles. The lowest BCUT2D eigenvalue weighted by atomic mass is 10.2. The minimum Gasteiger partial charge on any atom is -0.469 e. The van der Waals surface area contributed by atoms with E-state index in [9.17, 15) is 4.79 Å². The molecule has 1 N–H and O–H groups in total. The zero-order valence-electron chi connectivity index (χ0n) is 7.34. The lowest BCUT2D eigenvalue weighted by molar-refractivity contribution is -0.140. The number of methoxy groups -OCH3 is 1. The molecule has 0 aromatic rings. The first-order valence-electron chi connectivity index (χ1n) is 4.21. The van der Waals surface area contributed by atoms with Gasteiger partial charge in [0.05, 0.1) is 7.11 Å². The monoisotopic (exact) mass is 189 g/mol. The minimum absolute atomic E-state index is 0.104. The molecule has 1 fully saturated rings. The van der Waals surface area contributed by atoms with Gasteiger partial charge < -0.3 is 10.1 Å². The standard InChI is InChI=1S/C8H15NO2S/c1-11-8(10)3-2-7-6-12-5-4-9-7/h7,9H,2-6H2,1H3. The smallest absolute Gasteiger partial charge is 0.305 e. The molecule has 0 bridgehead atoms. The number of rotatable bonds is 3. The molecule has 1 heterocycles. The van der Waals surface area contributed by atoms with E-state index in [1.54, 1.807) is 0 Å². The number of esters is 1. The Bertz CT molecular complexity index is 146. The topological polar surface area (TPSA) is 38.3 Å². The van der Waals surface area contributed by atoms with Crippen molar-refractivity contribution in [2.24, 2.45) is 0 Å². The molecule has 1 aliphatic rings. The third kappa shape index (κ3) is 3.45. The predicted molar refractivity (Wildman–Crippen MR) is 50.4 cm³/mol. The largest absolute Gasteiger partial charge is 0.469 e. The molecule has 1 unspecified atom stereocenters. The highest BCUT2D eigenvalue weighted by Gasteiger charge is 2.13. The summed E-state index contributed by atoms with van der Waals surface area (Å²) >= 11 is 1.95. The number of carbonyl (C=O) groups excluding carboxylic acids is 1. The molecule has 12 heavy (non-hydrogen) atoms. The van der Waals surface area contributed by atoms with Crippen LogP contribution < -0.4 is 5.32 Å². The van der Waals surface area contributed by atoms with Gasteiger partial charge >= 0.3 is 5.97 Å². The van der Waals surface area contributed by atoms with E-state index in [2.05, 4.69) is 10.1 Å². The third-order valence-electron chi connectivity index (χ3n) is 1.92. The average Bonchev–Trinajstić information content (AvgIpc) is 2.16. The van der Waals surface area contributed by atoms with Crippen molar-refractivity contribution >= 4 is 17.7 Å². The summed E-state index contributed by atoms with van der Waals surface area (Å²) in [6.07, 6.45) is 1.44. The van der Waals surface area contributed by atoms with Gasteiger partial charge in [-0.3, -0.25) is 4.79 Å². The van der Waals surface area contributed by atoms with Gasteiger partial charge in [-0.1, -0.05) is 0 Å². The first kappa shape index (κ1) is 9.86. The first-order chi connectivity index (χ1) is 5.83. The fraction of sp³-hybridized carbons (Fsp3) is 0.875. The normalized spacial score (nSPS) is 23.6. The van der Waals surface area contributed by atoms with E-state index in [1.807, 2.05) is 11.8 Å². The Hall–Kier alpha value is -0.220. The SMILES string of the molecule is COC(=O)CCC1CSCCN1. The Morgan fingerprint density at radius 3 is 3.17 bits per heavy atom. The highest BCUT2D eigenvalue weighted by molar-refractivity contribution is 7.99.